The smallest absolute Gasteiger partial charge is 0.170 e. The lowest BCUT2D eigenvalue weighted by Gasteiger charge is -2.20. The van der Waals surface area contributed by atoms with E-state index in [9.17, 15) is 4.39 Å². The first kappa shape index (κ1) is 13.9. The third-order valence-electron chi connectivity index (χ3n) is 3.11. The fourth-order valence-electron chi connectivity index (χ4n) is 1.97. The number of rotatable bonds is 4. The van der Waals surface area contributed by atoms with E-state index in [-0.39, 0.29) is 11.6 Å². The number of nitriles is 1. The molecule has 0 aliphatic rings. The standard InChI is InChI=1S/C16H15FN2O/c1-19(14-8-6-12(10-18)7-9-14)11-13-4-3-5-15(20-2)16(13)17/h3-9H,11H2,1-2H3. The normalized spacial score (nSPS) is 9.90. The second-order valence-corrected chi connectivity index (χ2v) is 4.45. The zero-order valence-corrected chi connectivity index (χ0v) is 11.4. The average molecular weight is 270 g/mol. The van der Waals surface area contributed by atoms with Gasteiger partial charge >= 0.3 is 0 Å². The molecule has 20 heavy (non-hydrogen) atoms. The van der Waals surface area contributed by atoms with Crippen LogP contribution < -0.4 is 9.64 Å². The Morgan fingerprint density at radius 1 is 1.20 bits per heavy atom. The SMILES string of the molecule is COc1cccc(CN(C)c2ccc(C#N)cc2)c1F. The van der Waals surface area contributed by atoms with Gasteiger partial charge in [-0.05, 0) is 30.3 Å². The Kier molecular flexibility index (Phi) is 4.21. The van der Waals surface area contributed by atoms with Gasteiger partial charge in [-0.25, -0.2) is 4.39 Å². The van der Waals surface area contributed by atoms with Crippen LogP contribution in [0.25, 0.3) is 0 Å². The molecule has 0 saturated heterocycles. The number of benzene rings is 2. The lowest BCUT2D eigenvalue weighted by molar-refractivity contribution is 0.384. The van der Waals surface area contributed by atoms with Crippen molar-refractivity contribution in [3.8, 4) is 11.8 Å². The Morgan fingerprint density at radius 3 is 2.50 bits per heavy atom. The summed E-state index contributed by atoms with van der Waals surface area (Å²) in [4.78, 5) is 1.92. The Hall–Kier alpha value is -2.54. The lowest BCUT2D eigenvalue weighted by Crippen LogP contribution is -2.17. The molecule has 0 bridgehead atoms. The molecule has 0 fully saturated rings. The third-order valence-corrected chi connectivity index (χ3v) is 3.11. The third kappa shape index (κ3) is 2.89. The van der Waals surface area contributed by atoms with Crippen LogP contribution in [-0.2, 0) is 6.54 Å². The summed E-state index contributed by atoms with van der Waals surface area (Å²) in [6, 6.07) is 14.3. The predicted octanol–water partition coefficient (Wildman–Crippen LogP) is 3.34. The molecule has 2 aromatic carbocycles. The highest BCUT2D eigenvalue weighted by Gasteiger charge is 2.10. The molecule has 0 spiro atoms. The van der Waals surface area contributed by atoms with Crippen LogP contribution in [-0.4, -0.2) is 14.2 Å². The van der Waals surface area contributed by atoms with Crippen LogP contribution >= 0.6 is 0 Å². The van der Waals surface area contributed by atoms with Crippen LogP contribution in [0.1, 0.15) is 11.1 Å². The van der Waals surface area contributed by atoms with E-state index in [0.717, 1.165) is 5.69 Å². The van der Waals surface area contributed by atoms with E-state index < -0.39 is 0 Å². The van der Waals surface area contributed by atoms with Gasteiger partial charge in [-0.2, -0.15) is 5.26 Å². The summed E-state index contributed by atoms with van der Waals surface area (Å²) in [7, 11) is 3.33. The van der Waals surface area contributed by atoms with Crippen LogP contribution in [0.3, 0.4) is 0 Å². The molecule has 0 aliphatic carbocycles. The van der Waals surface area contributed by atoms with Crippen LogP contribution in [0.4, 0.5) is 10.1 Å². The molecule has 0 heterocycles. The number of ether oxygens (including phenoxy) is 1. The largest absolute Gasteiger partial charge is 0.494 e. The first-order chi connectivity index (χ1) is 9.65. The van der Waals surface area contributed by atoms with Crippen molar-refractivity contribution in [2.24, 2.45) is 0 Å². The number of nitrogens with zero attached hydrogens (tertiary/aromatic N) is 2. The fraction of sp³-hybridized carbons (Fsp3) is 0.188. The minimum absolute atomic E-state index is 0.246. The number of hydrogen-bond acceptors (Lipinski definition) is 3. The average Bonchev–Trinajstić information content (AvgIpc) is 2.49. The van der Waals surface area contributed by atoms with E-state index in [1.54, 1.807) is 30.3 Å². The van der Waals surface area contributed by atoms with Crippen LogP contribution in [0.5, 0.6) is 5.75 Å². The molecule has 0 aromatic heterocycles. The van der Waals surface area contributed by atoms with Gasteiger partial charge in [0.2, 0.25) is 0 Å². The monoisotopic (exact) mass is 270 g/mol. The lowest BCUT2D eigenvalue weighted by atomic mass is 10.1. The molecule has 3 nitrogen and oxygen atoms in total. The first-order valence-electron chi connectivity index (χ1n) is 6.18. The van der Waals surface area contributed by atoms with E-state index in [1.165, 1.54) is 7.11 Å². The van der Waals surface area contributed by atoms with E-state index in [0.29, 0.717) is 17.7 Å². The summed E-state index contributed by atoms with van der Waals surface area (Å²) < 4.78 is 19.0. The number of methoxy groups -OCH3 is 1. The van der Waals surface area contributed by atoms with Gasteiger partial charge in [0.15, 0.2) is 11.6 Å². The molecule has 0 saturated carbocycles. The second kappa shape index (κ2) is 6.07. The summed E-state index contributed by atoms with van der Waals surface area (Å²) in [5, 5.41) is 8.77. The molecule has 2 rings (SSSR count). The number of anilines is 1. The van der Waals surface area contributed by atoms with Crippen LogP contribution in [0.2, 0.25) is 0 Å². The van der Waals surface area contributed by atoms with E-state index in [2.05, 4.69) is 6.07 Å². The van der Waals surface area contributed by atoms with Gasteiger partial charge in [0, 0.05) is 24.8 Å². The quantitative estimate of drug-likeness (QED) is 0.855. The number of halogens is 1. The summed E-state index contributed by atoms with van der Waals surface area (Å²) in [6.07, 6.45) is 0. The Morgan fingerprint density at radius 2 is 1.90 bits per heavy atom. The van der Waals surface area contributed by atoms with Crippen molar-refractivity contribution in [3.05, 3.63) is 59.4 Å². The molecule has 102 valence electrons. The molecule has 4 heteroatoms. The minimum Gasteiger partial charge on any atom is -0.494 e. The number of hydrogen-bond donors (Lipinski definition) is 0. The highest BCUT2D eigenvalue weighted by Crippen LogP contribution is 2.23. The van der Waals surface area contributed by atoms with E-state index >= 15 is 0 Å². The van der Waals surface area contributed by atoms with Crippen molar-refractivity contribution in [1.29, 1.82) is 5.26 Å². The first-order valence-corrected chi connectivity index (χ1v) is 6.18. The minimum atomic E-state index is -0.338. The maximum Gasteiger partial charge on any atom is 0.170 e. The molecular formula is C16H15FN2O. The Labute approximate surface area is 117 Å². The van der Waals surface area contributed by atoms with Crippen molar-refractivity contribution in [1.82, 2.24) is 0 Å². The van der Waals surface area contributed by atoms with Gasteiger partial charge in [-0.15, -0.1) is 0 Å². The van der Waals surface area contributed by atoms with Gasteiger partial charge in [-0.1, -0.05) is 12.1 Å². The predicted molar refractivity (Wildman–Crippen MR) is 76.2 cm³/mol. The Balaban J connectivity index is 2.19. The highest BCUT2D eigenvalue weighted by molar-refractivity contribution is 5.49. The van der Waals surface area contributed by atoms with Crippen LogP contribution in [0, 0.1) is 17.1 Å². The molecule has 0 N–H and O–H groups in total. The van der Waals surface area contributed by atoms with Crippen molar-refractivity contribution in [3.63, 3.8) is 0 Å². The summed E-state index contributed by atoms with van der Waals surface area (Å²) in [5.41, 5.74) is 2.09. The van der Waals surface area contributed by atoms with Gasteiger partial charge < -0.3 is 9.64 Å². The van der Waals surface area contributed by atoms with E-state index in [1.807, 2.05) is 24.1 Å². The van der Waals surface area contributed by atoms with Gasteiger partial charge in [0.1, 0.15) is 0 Å². The maximum absolute atomic E-state index is 14.1. The van der Waals surface area contributed by atoms with Crippen molar-refractivity contribution < 1.29 is 9.13 Å². The molecule has 0 aliphatic heterocycles. The van der Waals surface area contributed by atoms with E-state index in [4.69, 9.17) is 10.00 Å². The summed E-state index contributed by atoms with van der Waals surface area (Å²) in [5.74, 6) is -0.0915. The summed E-state index contributed by atoms with van der Waals surface area (Å²) >= 11 is 0. The van der Waals surface area contributed by atoms with Gasteiger partial charge in [0.05, 0.1) is 18.7 Å². The Bertz CT molecular complexity index is 632. The topological polar surface area (TPSA) is 36.3 Å². The van der Waals surface area contributed by atoms with Gasteiger partial charge in [0.25, 0.3) is 0 Å². The summed E-state index contributed by atoms with van der Waals surface area (Å²) in [6.45, 7) is 0.426. The van der Waals surface area contributed by atoms with Gasteiger partial charge in [-0.3, -0.25) is 0 Å². The molecule has 2 aromatic rings. The highest BCUT2D eigenvalue weighted by atomic mass is 19.1. The van der Waals surface area contributed by atoms with Crippen LogP contribution in [0.15, 0.2) is 42.5 Å². The molecule has 0 unspecified atom stereocenters. The zero-order chi connectivity index (χ0) is 14.5. The molecular weight excluding hydrogens is 255 g/mol. The maximum atomic E-state index is 14.1. The second-order valence-electron chi connectivity index (χ2n) is 4.45. The van der Waals surface area contributed by atoms with Crippen molar-refractivity contribution >= 4 is 5.69 Å². The molecule has 0 radical (unpaired) electrons. The molecule has 0 atom stereocenters. The fourth-order valence-corrected chi connectivity index (χ4v) is 1.97. The zero-order valence-electron chi connectivity index (χ0n) is 11.4. The molecule has 0 amide bonds. The van der Waals surface area contributed by atoms with Crippen molar-refractivity contribution in [2.45, 2.75) is 6.54 Å². The van der Waals surface area contributed by atoms with Crippen molar-refractivity contribution in [2.75, 3.05) is 19.1 Å².